The standard InChI is InChI=1S/C22H18N4O4S/c1-13-2-4-14(5-3-13)31(28,29)30-18-7-6-17-19-20(18)22(27)15-8-10-24-12-16(15)21(19)25-26(17)11-9-23/h2-8,10,12H,9,11,23H2,1H3. The molecule has 2 N–H and O–H groups in total. The Morgan fingerprint density at radius 2 is 1.84 bits per heavy atom. The van der Waals surface area contributed by atoms with Crippen LogP contribution >= 0.6 is 0 Å². The number of nitrogens with zero attached hydrogens (tertiary/aromatic N) is 3. The number of hydrogen-bond acceptors (Lipinski definition) is 7. The minimum Gasteiger partial charge on any atom is -0.378 e. The van der Waals surface area contributed by atoms with Gasteiger partial charge in [0, 0.05) is 35.5 Å². The first-order valence-corrected chi connectivity index (χ1v) is 11.1. The van der Waals surface area contributed by atoms with Crippen molar-refractivity contribution in [2.24, 2.45) is 5.73 Å². The number of hydrogen-bond donors (Lipinski definition) is 1. The molecule has 156 valence electrons. The SMILES string of the molecule is Cc1ccc(S(=O)(=O)Oc2ccc3c4c(nn3CCN)-c3cnccc3C(=O)c24)cc1. The topological polar surface area (TPSA) is 117 Å². The molecule has 0 bridgehead atoms. The van der Waals surface area contributed by atoms with E-state index in [4.69, 9.17) is 9.92 Å². The van der Waals surface area contributed by atoms with Crippen molar-refractivity contribution >= 4 is 26.8 Å². The molecule has 0 saturated carbocycles. The fourth-order valence-corrected chi connectivity index (χ4v) is 4.76. The normalized spacial score (nSPS) is 12.8. The van der Waals surface area contributed by atoms with Crippen LogP contribution in [0, 0.1) is 6.92 Å². The molecule has 0 amide bonds. The van der Waals surface area contributed by atoms with Gasteiger partial charge in [-0.15, -0.1) is 0 Å². The monoisotopic (exact) mass is 434 g/mol. The summed E-state index contributed by atoms with van der Waals surface area (Å²) in [5.41, 5.74) is 9.04. The molecule has 0 aliphatic heterocycles. The third kappa shape index (κ3) is 3.01. The van der Waals surface area contributed by atoms with Crippen molar-refractivity contribution in [2.75, 3.05) is 6.54 Å². The smallest absolute Gasteiger partial charge is 0.339 e. The van der Waals surface area contributed by atoms with Gasteiger partial charge >= 0.3 is 10.1 Å². The van der Waals surface area contributed by atoms with Gasteiger partial charge in [0.15, 0.2) is 11.5 Å². The summed E-state index contributed by atoms with van der Waals surface area (Å²) in [5.74, 6) is -0.369. The Hall–Kier alpha value is -3.56. The van der Waals surface area contributed by atoms with Crippen molar-refractivity contribution < 1.29 is 17.4 Å². The van der Waals surface area contributed by atoms with E-state index in [1.54, 1.807) is 35.1 Å². The maximum Gasteiger partial charge on any atom is 0.339 e. The first kappa shape index (κ1) is 19.4. The van der Waals surface area contributed by atoms with Crippen molar-refractivity contribution in [2.45, 2.75) is 18.4 Å². The van der Waals surface area contributed by atoms with Crippen molar-refractivity contribution in [1.29, 1.82) is 0 Å². The second kappa shape index (κ2) is 7.00. The van der Waals surface area contributed by atoms with Gasteiger partial charge in [-0.3, -0.25) is 14.5 Å². The predicted molar refractivity (Wildman–Crippen MR) is 114 cm³/mol. The molecule has 0 spiro atoms. The van der Waals surface area contributed by atoms with Crippen molar-refractivity contribution in [3.63, 3.8) is 0 Å². The first-order valence-electron chi connectivity index (χ1n) is 9.64. The summed E-state index contributed by atoms with van der Waals surface area (Å²) in [6.45, 7) is 2.67. The highest BCUT2D eigenvalue weighted by Crippen LogP contribution is 2.42. The number of benzene rings is 2. The zero-order chi connectivity index (χ0) is 21.8. The molecule has 0 saturated heterocycles. The van der Waals surface area contributed by atoms with Crippen molar-refractivity contribution in [3.8, 4) is 17.0 Å². The van der Waals surface area contributed by atoms with E-state index >= 15 is 0 Å². The third-order valence-electron chi connectivity index (χ3n) is 5.28. The summed E-state index contributed by atoms with van der Waals surface area (Å²) in [7, 11) is -4.14. The second-order valence-electron chi connectivity index (χ2n) is 7.29. The molecule has 0 radical (unpaired) electrons. The molecule has 31 heavy (non-hydrogen) atoms. The van der Waals surface area contributed by atoms with Gasteiger partial charge in [-0.25, -0.2) is 0 Å². The molecule has 0 unspecified atom stereocenters. The molecule has 5 rings (SSSR count). The Morgan fingerprint density at radius 1 is 1.06 bits per heavy atom. The first-order chi connectivity index (χ1) is 14.9. The highest BCUT2D eigenvalue weighted by atomic mass is 32.2. The summed E-state index contributed by atoms with van der Waals surface area (Å²) < 4.78 is 33.0. The lowest BCUT2D eigenvalue weighted by molar-refractivity contribution is 0.103. The Morgan fingerprint density at radius 3 is 2.58 bits per heavy atom. The number of carbonyl (C=O) groups is 1. The van der Waals surface area contributed by atoms with E-state index in [2.05, 4.69) is 10.1 Å². The highest BCUT2D eigenvalue weighted by Gasteiger charge is 2.33. The average molecular weight is 434 g/mol. The lowest BCUT2D eigenvalue weighted by Crippen LogP contribution is -2.15. The lowest BCUT2D eigenvalue weighted by Gasteiger charge is -2.17. The summed E-state index contributed by atoms with van der Waals surface area (Å²) in [6, 6.07) is 11.1. The fraction of sp³-hybridized carbons (Fsp3) is 0.136. The van der Waals surface area contributed by atoms with Gasteiger partial charge in [0.05, 0.1) is 17.6 Å². The Kier molecular flexibility index (Phi) is 4.38. The molecule has 0 fully saturated rings. The third-order valence-corrected chi connectivity index (χ3v) is 6.53. The van der Waals surface area contributed by atoms with Gasteiger partial charge in [0.25, 0.3) is 0 Å². The van der Waals surface area contributed by atoms with Crippen molar-refractivity contribution in [1.82, 2.24) is 14.8 Å². The maximum absolute atomic E-state index is 13.4. The van der Waals surface area contributed by atoms with E-state index in [1.807, 2.05) is 6.92 Å². The number of aryl methyl sites for hydroxylation is 1. The van der Waals surface area contributed by atoms with E-state index < -0.39 is 10.1 Å². The van der Waals surface area contributed by atoms with Gasteiger partial charge in [-0.2, -0.15) is 13.5 Å². The number of carbonyl (C=O) groups excluding carboxylic acids is 1. The summed E-state index contributed by atoms with van der Waals surface area (Å²) >= 11 is 0. The molecule has 8 nitrogen and oxygen atoms in total. The van der Waals surface area contributed by atoms with E-state index in [0.717, 1.165) is 5.56 Å². The molecule has 4 aromatic rings. The van der Waals surface area contributed by atoms with E-state index in [0.29, 0.717) is 40.8 Å². The summed E-state index contributed by atoms with van der Waals surface area (Å²) in [6.07, 6.45) is 3.10. The van der Waals surface area contributed by atoms with Crippen LogP contribution in [0.4, 0.5) is 0 Å². The molecule has 1 aliphatic rings. The maximum atomic E-state index is 13.4. The van der Waals surface area contributed by atoms with Crippen LogP contribution in [0.2, 0.25) is 0 Å². The van der Waals surface area contributed by atoms with E-state index in [-0.39, 0.29) is 22.0 Å². The van der Waals surface area contributed by atoms with E-state index in [9.17, 15) is 13.2 Å². The second-order valence-corrected chi connectivity index (χ2v) is 8.84. The zero-order valence-corrected chi connectivity index (χ0v) is 17.4. The molecular weight excluding hydrogens is 416 g/mol. The Labute approximate surface area is 178 Å². The summed E-state index contributed by atoms with van der Waals surface area (Å²) in [4.78, 5) is 17.5. The van der Waals surface area contributed by atoms with Crippen LogP contribution in [0.3, 0.4) is 0 Å². The lowest BCUT2D eigenvalue weighted by atomic mass is 9.88. The minimum absolute atomic E-state index is 0.0114. The molecule has 2 aromatic heterocycles. The number of pyridine rings is 1. The van der Waals surface area contributed by atoms with Gasteiger partial charge in [-0.1, -0.05) is 17.7 Å². The Balaban J connectivity index is 1.73. The molecule has 9 heteroatoms. The molecule has 1 aliphatic carbocycles. The number of fused-ring (bicyclic) bond motifs is 2. The molecule has 2 aromatic carbocycles. The van der Waals surface area contributed by atoms with Crippen LogP contribution in [-0.2, 0) is 16.7 Å². The van der Waals surface area contributed by atoms with Crippen LogP contribution in [0.25, 0.3) is 22.2 Å². The molecular formula is C22H18N4O4S. The van der Waals surface area contributed by atoms with Gasteiger partial charge in [-0.05, 0) is 37.3 Å². The van der Waals surface area contributed by atoms with Gasteiger partial charge in [0.1, 0.15) is 10.6 Å². The van der Waals surface area contributed by atoms with Crippen LogP contribution < -0.4 is 9.92 Å². The van der Waals surface area contributed by atoms with Crippen molar-refractivity contribution in [3.05, 3.63) is 71.5 Å². The van der Waals surface area contributed by atoms with Crippen LogP contribution in [0.15, 0.2) is 59.8 Å². The average Bonchev–Trinajstić information content (AvgIpc) is 3.12. The quantitative estimate of drug-likeness (QED) is 0.423. The zero-order valence-electron chi connectivity index (χ0n) is 16.6. The van der Waals surface area contributed by atoms with Crippen LogP contribution in [0.5, 0.6) is 5.75 Å². The van der Waals surface area contributed by atoms with E-state index in [1.165, 1.54) is 24.4 Å². The minimum atomic E-state index is -4.14. The number of nitrogens with two attached hydrogens (primary N) is 1. The number of rotatable bonds is 5. The number of aromatic nitrogens is 3. The highest BCUT2D eigenvalue weighted by molar-refractivity contribution is 7.87. The van der Waals surface area contributed by atoms with Gasteiger partial charge in [0.2, 0.25) is 0 Å². The van der Waals surface area contributed by atoms with Crippen LogP contribution in [0.1, 0.15) is 21.5 Å². The van der Waals surface area contributed by atoms with Crippen LogP contribution in [-0.4, -0.2) is 35.5 Å². The predicted octanol–water partition coefficient (Wildman–Crippen LogP) is 2.68. The Bertz CT molecular complexity index is 1460. The van der Waals surface area contributed by atoms with Gasteiger partial charge < -0.3 is 9.92 Å². The number of ketones is 1. The molecule has 0 atom stereocenters. The fourth-order valence-electron chi connectivity index (χ4n) is 3.82. The largest absolute Gasteiger partial charge is 0.378 e. The molecule has 2 heterocycles. The summed E-state index contributed by atoms with van der Waals surface area (Å²) in [5, 5.41) is 5.17.